The first-order valence-corrected chi connectivity index (χ1v) is 8.13. The third-order valence-electron chi connectivity index (χ3n) is 4.92. The third-order valence-corrected chi connectivity index (χ3v) is 4.92. The van der Waals surface area contributed by atoms with Crippen LogP contribution in [0.1, 0.15) is 25.7 Å². The number of para-hydroxylation sites is 1. The Morgan fingerprint density at radius 2 is 2.14 bits per heavy atom. The quantitative estimate of drug-likeness (QED) is 0.924. The lowest BCUT2D eigenvalue weighted by atomic mass is 9.99. The molecule has 0 radical (unpaired) electrons. The normalized spacial score (nSPS) is 25.3. The highest BCUT2D eigenvalue weighted by molar-refractivity contribution is 5.79. The number of rotatable bonds is 3. The number of hydrogen-bond acceptors (Lipinski definition) is 4. The number of piperidine rings is 1. The molecule has 0 spiro atoms. The maximum atomic E-state index is 12.4. The maximum Gasteiger partial charge on any atom is 0.242 e. The van der Waals surface area contributed by atoms with Gasteiger partial charge in [-0.15, -0.1) is 5.10 Å². The van der Waals surface area contributed by atoms with Gasteiger partial charge in [0.05, 0.1) is 5.52 Å². The molecule has 1 N–H and O–H groups in total. The zero-order chi connectivity index (χ0) is 14.9. The van der Waals surface area contributed by atoms with Gasteiger partial charge in [-0.05, 0) is 37.9 Å². The van der Waals surface area contributed by atoms with Gasteiger partial charge in [-0.2, -0.15) is 0 Å². The smallest absolute Gasteiger partial charge is 0.242 e. The number of amides is 1. The first-order chi connectivity index (χ1) is 10.8. The fourth-order valence-corrected chi connectivity index (χ4v) is 3.84. The van der Waals surface area contributed by atoms with Crippen molar-refractivity contribution < 1.29 is 4.79 Å². The van der Waals surface area contributed by atoms with Gasteiger partial charge in [-0.1, -0.05) is 23.8 Å². The van der Waals surface area contributed by atoms with E-state index in [-0.39, 0.29) is 12.5 Å². The monoisotopic (exact) mass is 299 g/mol. The molecular formula is C16H21N5O. The number of carbonyl (C=O) groups is 1. The summed E-state index contributed by atoms with van der Waals surface area (Å²) in [6.45, 7) is 2.54. The second kappa shape index (κ2) is 5.68. The summed E-state index contributed by atoms with van der Waals surface area (Å²) in [6.07, 6.45) is 4.84. The molecular weight excluding hydrogens is 278 g/mol. The van der Waals surface area contributed by atoms with E-state index in [1.54, 1.807) is 4.68 Å². The van der Waals surface area contributed by atoms with Gasteiger partial charge in [0.15, 0.2) is 0 Å². The Labute approximate surface area is 129 Å². The van der Waals surface area contributed by atoms with Crippen LogP contribution in [0.2, 0.25) is 0 Å². The molecule has 2 atom stereocenters. The fraction of sp³-hybridized carbons (Fsp3) is 0.562. The highest BCUT2D eigenvalue weighted by Gasteiger charge is 2.36. The van der Waals surface area contributed by atoms with Gasteiger partial charge in [0.2, 0.25) is 5.91 Å². The van der Waals surface area contributed by atoms with Gasteiger partial charge < -0.3 is 5.32 Å². The molecule has 3 heterocycles. The zero-order valence-electron chi connectivity index (χ0n) is 12.6. The topological polar surface area (TPSA) is 63.1 Å². The van der Waals surface area contributed by atoms with E-state index in [0.717, 1.165) is 24.0 Å². The summed E-state index contributed by atoms with van der Waals surface area (Å²) in [5.41, 5.74) is 1.73. The van der Waals surface area contributed by atoms with E-state index in [2.05, 4.69) is 20.5 Å². The molecule has 2 aliphatic rings. The third kappa shape index (κ3) is 2.47. The molecule has 1 aromatic carbocycles. The molecule has 22 heavy (non-hydrogen) atoms. The lowest BCUT2D eigenvalue weighted by molar-refractivity contribution is -0.122. The molecule has 4 rings (SSSR count). The largest absolute Gasteiger partial charge is 0.350 e. The van der Waals surface area contributed by atoms with Crippen molar-refractivity contribution in [3.8, 4) is 0 Å². The predicted molar refractivity (Wildman–Crippen MR) is 83.3 cm³/mol. The van der Waals surface area contributed by atoms with Crippen LogP contribution in [0.5, 0.6) is 0 Å². The summed E-state index contributed by atoms with van der Waals surface area (Å²) in [6, 6.07) is 8.55. The van der Waals surface area contributed by atoms with E-state index >= 15 is 0 Å². The minimum Gasteiger partial charge on any atom is -0.350 e. The van der Waals surface area contributed by atoms with Crippen molar-refractivity contribution >= 4 is 16.9 Å². The Hall–Kier alpha value is -1.95. The van der Waals surface area contributed by atoms with Gasteiger partial charge in [0, 0.05) is 18.6 Å². The molecule has 0 unspecified atom stereocenters. The molecule has 0 bridgehead atoms. The van der Waals surface area contributed by atoms with Crippen LogP contribution < -0.4 is 5.32 Å². The van der Waals surface area contributed by atoms with Gasteiger partial charge >= 0.3 is 0 Å². The van der Waals surface area contributed by atoms with Gasteiger partial charge in [-0.25, -0.2) is 4.68 Å². The van der Waals surface area contributed by atoms with Crippen molar-refractivity contribution in [2.75, 3.05) is 13.1 Å². The molecule has 2 fully saturated rings. The highest BCUT2D eigenvalue weighted by Crippen LogP contribution is 2.27. The Kier molecular flexibility index (Phi) is 3.54. The lowest BCUT2D eigenvalue weighted by Gasteiger charge is -2.32. The molecule has 0 saturated carbocycles. The average molecular weight is 299 g/mol. The first-order valence-electron chi connectivity index (χ1n) is 8.13. The Morgan fingerprint density at radius 3 is 3.09 bits per heavy atom. The number of benzene rings is 1. The minimum absolute atomic E-state index is 0.0353. The van der Waals surface area contributed by atoms with Crippen molar-refractivity contribution in [3.63, 3.8) is 0 Å². The first kappa shape index (κ1) is 13.7. The van der Waals surface area contributed by atoms with Crippen LogP contribution in [0.15, 0.2) is 24.3 Å². The van der Waals surface area contributed by atoms with Crippen molar-refractivity contribution in [1.29, 1.82) is 0 Å². The second-order valence-electron chi connectivity index (χ2n) is 6.30. The summed E-state index contributed by atoms with van der Waals surface area (Å²) < 4.78 is 1.68. The van der Waals surface area contributed by atoms with Crippen LogP contribution in [-0.4, -0.2) is 51.0 Å². The van der Waals surface area contributed by atoms with E-state index in [0.29, 0.717) is 12.1 Å². The van der Waals surface area contributed by atoms with E-state index in [4.69, 9.17) is 0 Å². The Balaban J connectivity index is 1.42. The highest BCUT2D eigenvalue weighted by atomic mass is 16.2. The second-order valence-corrected chi connectivity index (χ2v) is 6.30. The summed E-state index contributed by atoms with van der Waals surface area (Å²) >= 11 is 0. The lowest BCUT2D eigenvalue weighted by Crippen LogP contribution is -2.47. The number of aromatic nitrogens is 3. The van der Waals surface area contributed by atoms with Crippen molar-refractivity contribution in [2.45, 2.75) is 44.3 Å². The molecule has 6 nitrogen and oxygen atoms in total. The summed E-state index contributed by atoms with van der Waals surface area (Å²) in [7, 11) is 0. The Morgan fingerprint density at radius 1 is 1.23 bits per heavy atom. The fourth-order valence-electron chi connectivity index (χ4n) is 3.84. The number of nitrogens with zero attached hydrogens (tertiary/aromatic N) is 4. The minimum atomic E-state index is 0.0353. The summed E-state index contributed by atoms with van der Waals surface area (Å²) in [5, 5.41) is 11.4. The summed E-state index contributed by atoms with van der Waals surface area (Å²) in [4.78, 5) is 14.9. The molecule has 2 aromatic rings. The van der Waals surface area contributed by atoms with Crippen molar-refractivity contribution in [3.05, 3.63) is 24.3 Å². The molecule has 1 aromatic heterocycles. The number of hydrogen-bond donors (Lipinski definition) is 1. The van der Waals surface area contributed by atoms with Crippen LogP contribution in [0.3, 0.4) is 0 Å². The van der Waals surface area contributed by atoms with Crippen LogP contribution in [0.4, 0.5) is 0 Å². The number of fused-ring (bicyclic) bond motifs is 2. The van der Waals surface area contributed by atoms with Crippen LogP contribution in [0, 0.1) is 0 Å². The van der Waals surface area contributed by atoms with Gasteiger partial charge in [0.25, 0.3) is 0 Å². The maximum absolute atomic E-state index is 12.4. The molecule has 1 amide bonds. The van der Waals surface area contributed by atoms with Crippen LogP contribution >= 0.6 is 0 Å². The predicted octanol–water partition coefficient (Wildman–Crippen LogP) is 1.17. The van der Waals surface area contributed by atoms with Gasteiger partial charge in [-0.3, -0.25) is 9.69 Å². The zero-order valence-corrected chi connectivity index (χ0v) is 12.6. The van der Waals surface area contributed by atoms with Crippen LogP contribution in [0.25, 0.3) is 11.0 Å². The molecule has 0 aliphatic carbocycles. The van der Waals surface area contributed by atoms with Crippen LogP contribution in [-0.2, 0) is 11.3 Å². The van der Waals surface area contributed by atoms with E-state index < -0.39 is 0 Å². The van der Waals surface area contributed by atoms with Crippen molar-refractivity contribution in [2.24, 2.45) is 0 Å². The molecule has 6 heteroatoms. The summed E-state index contributed by atoms with van der Waals surface area (Å²) in [5.74, 6) is 0.0353. The number of nitrogens with one attached hydrogen (secondary N) is 1. The number of carbonyl (C=O) groups excluding carboxylic acids is 1. The standard InChI is InChI=1S/C16H21N5O/c22-16(11-21-15-7-2-1-5-13(15)18-19-21)17-12-8-10-20-9-4-3-6-14(12)20/h1-2,5,7,12,14H,3-4,6,8-11H2,(H,17,22)/t12-,14-/m0/s1. The van der Waals surface area contributed by atoms with E-state index in [1.165, 1.54) is 25.8 Å². The SMILES string of the molecule is O=C(Cn1nnc2ccccc21)N[C@H]1CCN2CCCC[C@@H]12. The van der Waals surface area contributed by atoms with Gasteiger partial charge in [0.1, 0.15) is 12.1 Å². The van der Waals surface area contributed by atoms with E-state index in [9.17, 15) is 4.79 Å². The van der Waals surface area contributed by atoms with E-state index in [1.807, 2.05) is 24.3 Å². The molecule has 116 valence electrons. The Bertz CT molecular complexity index is 682. The molecule has 2 saturated heterocycles. The molecule has 2 aliphatic heterocycles. The van der Waals surface area contributed by atoms with Crippen molar-refractivity contribution in [1.82, 2.24) is 25.2 Å². The average Bonchev–Trinajstić information content (AvgIpc) is 3.13.